The van der Waals surface area contributed by atoms with Crippen LogP contribution in [0.4, 0.5) is 4.79 Å². The summed E-state index contributed by atoms with van der Waals surface area (Å²) >= 11 is 0. The van der Waals surface area contributed by atoms with E-state index in [4.69, 9.17) is 5.11 Å². The fourth-order valence-electron chi connectivity index (χ4n) is 2.66. The Kier molecular flexibility index (Phi) is 6.78. The van der Waals surface area contributed by atoms with Crippen molar-refractivity contribution < 1.29 is 14.7 Å². The molecule has 2 N–H and O–H groups in total. The number of piperidine rings is 1. The third kappa shape index (κ3) is 5.00. The van der Waals surface area contributed by atoms with Gasteiger partial charge in [-0.05, 0) is 38.8 Å². The number of carboxylic acid groups (broad SMARTS) is 1. The molecule has 1 fully saturated rings. The lowest BCUT2D eigenvalue weighted by Crippen LogP contribution is -2.52. The SMILES string of the molecule is CCN(C(=O)N(CC(=O)O)CC(C)C)C1CCNCC1. The molecule has 0 aromatic rings. The second-order valence-electron chi connectivity index (χ2n) is 5.72. The third-order valence-electron chi connectivity index (χ3n) is 3.52. The molecule has 0 aromatic carbocycles. The molecule has 0 bridgehead atoms. The van der Waals surface area contributed by atoms with Gasteiger partial charge < -0.3 is 20.2 Å². The molecule has 20 heavy (non-hydrogen) atoms. The number of hydrogen-bond acceptors (Lipinski definition) is 3. The van der Waals surface area contributed by atoms with Crippen LogP contribution in [-0.2, 0) is 4.79 Å². The molecule has 1 heterocycles. The highest BCUT2D eigenvalue weighted by Crippen LogP contribution is 2.15. The molecule has 2 amide bonds. The summed E-state index contributed by atoms with van der Waals surface area (Å²) in [6.07, 6.45) is 1.87. The molecule has 0 saturated carbocycles. The summed E-state index contributed by atoms with van der Waals surface area (Å²) in [5.74, 6) is -0.703. The first kappa shape index (κ1) is 16.8. The summed E-state index contributed by atoms with van der Waals surface area (Å²) < 4.78 is 0. The van der Waals surface area contributed by atoms with Gasteiger partial charge in [-0.15, -0.1) is 0 Å². The minimum atomic E-state index is -0.958. The van der Waals surface area contributed by atoms with Crippen LogP contribution in [0.1, 0.15) is 33.6 Å². The molecule has 1 aliphatic heterocycles. The zero-order valence-electron chi connectivity index (χ0n) is 12.8. The average Bonchev–Trinajstić information content (AvgIpc) is 2.39. The second-order valence-corrected chi connectivity index (χ2v) is 5.72. The molecule has 1 aliphatic rings. The molecule has 1 rings (SSSR count). The first-order valence-corrected chi connectivity index (χ1v) is 7.43. The van der Waals surface area contributed by atoms with Crippen LogP contribution in [0.5, 0.6) is 0 Å². The number of nitrogens with zero attached hydrogens (tertiary/aromatic N) is 2. The lowest BCUT2D eigenvalue weighted by molar-refractivity contribution is -0.137. The van der Waals surface area contributed by atoms with E-state index >= 15 is 0 Å². The average molecular weight is 285 g/mol. The van der Waals surface area contributed by atoms with Crippen LogP contribution in [0.2, 0.25) is 0 Å². The molecular weight excluding hydrogens is 258 g/mol. The molecule has 6 heteroatoms. The van der Waals surface area contributed by atoms with E-state index in [1.807, 2.05) is 25.7 Å². The number of rotatable bonds is 6. The highest BCUT2D eigenvalue weighted by molar-refractivity contribution is 5.80. The Morgan fingerprint density at radius 2 is 1.90 bits per heavy atom. The minimum Gasteiger partial charge on any atom is -0.480 e. The topological polar surface area (TPSA) is 72.9 Å². The summed E-state index contributed by atoms with van der Waals surface area (Å²) in [7, 11) is 0. The van der Waals surface area contributed by atoms with Crippen molar-refractivity contribution in [1.29, 1.82) is 0 Å². The quantitative estimate of drug-likeness (QED) is 0.769. The monoisotopic (exact) mass is 285 g/mol. The highest BCUT2D eigenvalue weighted by Gasteiger charge is 2.28. The van der Waals surface area contributed by atoms with Crippen molar-refractivity contribution in [3.05, 3.63) is 0 Å². The molecule has 0 radical (unpaired) electrons. The molecule has 6 nitrogen and oxygen atoms in total. The van der Waals surface area contributed by atoms with Crippen LogP contribution < -0.4 is 5.32 Å². The normalized spacial score (nSPS) is 16.2. The Hall–Kier alpha value is -1.30. The number of aliphatic carboxylic acids is 1. The molecule has 0 unspecified atom stereocenters. The smallest absolute Gasteiger partial charge is 0.323 e. The fourth-order valence-corrected chi connectivity index (χ4v) is 2.66. The maximum atomic E-state index is 12.6. The number of urea groups is 1. The first-order chi connectivity index (χ1) is 9.45. The number of hydrogen-bond donors (Lipinski definition) is 2. The minimum absolute atomic E-state index is 0.143. The van der Waals surface area contributed by atoms with Crippen LogP contribution >= 0.6 is 0 Å². The lowest BCUT2D eigenvalue weighted by Gasteiger charge is -2.37. The zero-order chi connectivity index (χ0) is 15.1. The van der Waals surface area contributed by atoms with E-state index in [0.29, 0.717) is 13.1 Å². The number of nitrogens with one attached hydrogen (secondary N) is 1. The summed E-state index contributed by atoms with van der Waals surface area (Å²) in [5.41, 5.74) is 0. The Morgan fingerprint density at radius 1 is 1.30 bits per heavy atom. The van der Waals surface area contributed by atoms with Gasteiger partial charge in [-0.3, -0.25) is 4.79 Å². The standard InChI is InChI=1S/C14H27N3O3/c1-4-17(12-5-7-15-8-6-12)14(20)16(9-11(2)3)10-13(18)19/h11-12,15H,4-10H2,1-3H3,(H,18,19). The van der Waals surface area contributed by atoms with Crippen LogP contribution in [0.3, 0.4) is 0 Å². The molecule has 0 aliphatic carbocycles. The molecule has 0 spiro atoms. The maximum absolute atomic E-state index is 12.6. The van der Waals surface area contributed by atoms with E-state index in [1.54, 1.807) is 0 Å². The summed E-state index contributed by atoms with van der Waals surface area (Å²) in [4.78, 5) is 26.9. The number of amides is 2. The maximum Gasteiger partial charge on any atom is 0.323 e. The van der Waals surface area contributed by atoms with Gasteiger partial charge in [0.1, 0.15) is 6.54 Å². The van der Waals surface area contributed by atoms with Gasteiger partial charge in [-0.25, -0.2) is 4.79 Å². The van der Waals surface area contributed by atoms with E-state index in [2.05, 4.69) is 5.32 Å². The predicted molar refractivity (Wildman–Crippen MR) is 77.7 cm³/mol. The van der Waals surface area contributed by atoms with Crippen molar-refractivity contribution in [2.75, 3.05) is 32.7 Å². The van der Waals surface area contributed by atoms with Crippen LogP contribution in [0.25, 0.3) is 0 Å². The Bertz CT molecular complexity index is 328. The van der Waals surface area contributed by atoms with Gasteiger partial charge in [0.25, 0.3) is 0 Å². The van der Waals surface area contributed by atoms with Gasteiger partial charge >= 0.3 is 12.0 Å². The summed E-state index contributed by atoms with van der Waals surface area (Å²) in [6.45, 7) is 8.64. The van der Waals surface area contributed by atoms with Crippen molar-refractivity contribution in [3.63, 3.8) is 0 Å². The number of carboxylic acids is 1. The van der Waals surface area contributed by atoms with Gasteiger partial charge in [-0.1, -0.05) is 13.8 Å². The Balaban J connectivity index is 2.74. The Labute approximate surface area is 121 Å². The Morgan fingerprint density at radius 3 is 2.35 bits per heavy atom. The van der Waals surface area contributed by atoms with Gasteiger partial charge in [0.15, 0.2) is 0 Å². The third-order valence-corrected chi connectivity index (χ3v) is 3.52. The van der Waals surface area contributed by atoms with Crippen LogP contribution in [0, 0.1) is 5.92 Å². The van der Waals surface area contributed by atoms with E-state index in [-0.39, 0.29) is 24.5 Å². The van der Waals surface area contributed by atoms with Gasteiger partial charge in [0.05, 0.1) is 0 Å². The van der Waals surface area contributed by atoms with Crippen molar-refractivity contribution in [2.24, 2.45) is 5.92 Å². The van der Waals surface area contributed by atoms with Crippen molar-refractivity contribution in [2.45, 2.75) is 39.7 Å². The largest absolute Gasteiger partial charge is 0.480 e. The van der Waals surface area contributed by atoms with Gasteiger partial charge in [0.2, 0.25) is 0 Å². The van der Waals surface area contributed by atoms with Crippen molar-refractivity contribution >= 4 is 12.0 Å². The fraction of sp³-hybridized carbons (Fsp3) is 0.857. The summed E-state index contributed by atoms with van der Waals surface area (Å²) in [5, 5.41) is 12.3. The first-order valence-electron chi connectivity index (χ1n) is 7.43. The summed E-state index contributed by atoms with van der Waals surface area (Å²) in [6, 6.07) is 0.0766. The molecular formula is C14H27N3O3. The van der Waals surface area contributed by atoms with Crippen LogP contribution in [0.15, 0.2) is 0 Å². The van der Waals surface area contributed by atoms with Gasteiger partial charge in [0, 0.05) is 19.1 Å². The van der Waals surface area contributed by atoms with E-state index in [0.717, 1.165) is 25.9 Å². The van der Waals surface area contributed by atoms with Crippen molar-refractivity contribution in [1.82, 2.24) is 15.1 Å². The molecule has 0 aromatic heterocycles. The molecule has 0 atom stereocenters. The zero-order valence-corrected chi connectivity index (χ0v) is 12.8. The number of carbonyl (C=O) groups excluding carboxylic acids is 1. The van der Waals surface area contributed by atoms with Crippen molar-refractivity contribution in [3.8, 4) is 0 Å². The molecule has 116 valence electrons. The van der Waals surface area contributed by atoms with E-state index < -0.39 is 5.97 Å². The van der Waals surface area contributed by atoms with Crippen LogP contribution in [-0.4, -0.2) is 65.7 Å². The van der Waals surface area contributed by atoms with E-state index in [1.165, 1.54) is 4.90 Å². The highest BCUT2D eigenvalue weighted by atomic mass is 16.4. The van der Waals surface area contributed by atoms with E-state index in [9.17, 15) is 9.59 Å². The van der Waals surface area contributed by atoms with Gasteiger partial charge in [-0.2, -0.15) is 0 Å². The predicted octanol–water partition coefficient (Wildman–Crippen LogP) is 1.22. The molecule has 1 saturated heterocycles. The second kappa shape index (κ2) is 8.09. The lowest BCUT2D eigenvalue weighted by atomic mass is 10.1. The number of carbonyl (C=O) groups is 2.